The molecule has 0 spiro atoms. The molecule has 0 fully saturated rings. The number of hydrogen-bond acceptors (Lipinski definition) is 6. The van der Waals surface area contributed by atoms with Gasteiger partial charge in [0, 0.05) is 5.25 Å². The molecule has 15 heavy (non-hydrogen) atoms. The van der Waals surface area contributed by atoms with Gasteiger partial charge in [0.2, 0.25) is 0 Å². The molecule has 0 saturated carbocycles. The number of nitrogens with zero attached hydrogens (tertiary/aromatic N) is 1. The van der Waals surface area contributed by atoms with Crippen LogP contribution in [0.4, 0.5) is 0 Å². The Morgan fingerprint density at radius 1 is 1.53 bits per heavy atom. The predicted molar refractivity (Wildman–Crippen MR) is 66.3 cm³/mol. The van der Waals surface area contributed by atoms with E-state index in [-0.39, 0.29) is 5.88 Å². The summed E-state index contributed by atoms with van der Waals surface area (Å²) in [5.41, 5.74) is 0. The third-order valence-corrected chi connectivity index (χ3v) is 4.31. The van der Waals surface area contributed by atoms with Crippen LogP contribution >= 0.6 is 39.0 Å². The fourth-order valence-electron chi connectivity index (χ4n) is 0.717. The van der Waals surface area contributed by atoms with E-state index < -0.39 is 10.1 Å². The molecular formula is C7H10BrNO3S3. The maximum absolute atomic E-state index is 10.9. The van der Waals surface area contributed by atoms with Gasteiger partial charge in [-0.3, -0.25) is 0 Å². The van der Waals surface area contributed by atoms with Gasteiger partial charge in [-0.1, -0.05) is 36.9 Å². The lowest BCUT2D eigenvalue weighted by molar-refractivity contribution is 0.481. The van der Waals surface area contributed by atoms with Crippen molar-refractivity contribution in [2.24, 2.45) is 0 Å². The summed E-state index contributed by atoms with van der Waals surface area (Å²) in [4.78, 5) is 4.07. The van der Waals surface area contributed by atoms with Crippen LogP contribution in [0.1, 0.15) is 13.8 Å². The number of aromatic nitrogens is 1. The van der Waals surface area contributed by atoms with E-state index in [1.165, 1.54) is 11.3 Å². The number of rotatable bonds is 4. The Labute approximate surface area is 106 Å². The fraction of sp³-hybridized carbons (Fsp3) is 0.571. The highest BCUT2D eigenvalue weighted by Gasteiger charge is 2.15. The number of hydrogen-bond donors (Lipinski definition) is 0. The molecule has 86 valence electrons. The molecule has 0 atom stereocenters. The summed E-state index contributed by atoms with van der Waals surface area (Å²) in [7, 11) is -3.51. The largest absolute Gasteiger partial charge is 0.360 e. The maximum atomic E-state index is 10.9. The molecule has 0 aliphatic heterocycles. The maximum Gasteiger partial charge on any atom is 0.307 e. The second kappa shape index (κ2) is 5.03. The van der Waals surface area contributed by atoms with Crippen LogP contribution in [0.25, 0.3) is 0 Å². The lowest BCUT2D eigenvalue weighted by atomic mass is 10.6. The van der Waals surface area contributed by atoms with Crippen molar-refractivity contribution in [3.05, 3.63) is 3.79 Å². The van der Waals surface area contributed by atoms with Crippen molar-refractivity contribution < 1.29 is 12.6 Å². The topological polar surface area (TPSA) is 56.3 Å². The van der Waals surface area contributed by atoms with Crippen molar-refractivity contribution in [3.63, 3.8) is 0 Å². The minimum absolute atomic E-state index is 0.116. The molecule has 0 unspecified atom stereocenters. The Hall–Kier alpha value is 0.210. The van der Waals surface area contributed by atoms with Crippen LogP contribution in [0.2, 0.25) is 0 Å². The standard InChI is InChI=1S/C7H10BrNO3S3/c1-4(2)13-7-9-6(5(8)14-7)12-15(3,10)11/h4H,1-3H3. The number of thioether (sulfide) groups is 1. The molecule has 1 rings (SSSR count). The van der Waals surface area contributed by atoms with Gasteiger partial charge < -0.3 is 4.18 Å². The first-order chi connectivity index (χ1) is 6.78. The van der Waals surface area contributed by atoms with Crippen LogP contribution in [0, 0.1) is 0 Å². The summed E-state index contributed by atoms with van der Waals surface area (Å²) in [6, 6.07) is 0. The average molecular weight is 332 g/mol. The van der Waals surface area contributed by atoms with Crippen LogP contribution < -0.4 is 4.18 Å². The Kier molecular flexibility index (Phi) is 4.45. The van der Waals surface area contributed by atoms with Crippen molar-refractivity contribution in [2.45, 2.75) is 23.4 Å². The van der Waals surface area contributed by atoms with Crippen LogP contribution in [0.3, 0.4) is 0 Å². The zero-order chi connectivity index (χ0) is 11.6. The molecule has 1 heterocycles. The highest BCUT2D eigenvalue weighted by Crippen LogP contribution is 2.37. The first-order valence-corrected chi connectivity index (χ1v) is 8.31. The molecule has 0 amide bonds. The van der Waals surface area contributed by atoms with E-state index in [0.717, 1.165) is 10.6 Å². The lowest BCUT2D eigenvalue weighted by Crippen LogP contribution is -2.06. The molecule has 0 saturated heterocycles. The molecule has 4 nitrogen and oxygen atoms in total. The van der Waals surface area contributed by atoms with Crippen molar-refractivity contribution in [3.8, 4) is 5.88 Å². The summed E-state index contributed by atoms with van der Waals surface area (Å²) < 4.78 is 27.9. The second-order valence-electron chi connectivity index (χ2n) is 3.01. The first kappa shape index (κ1) is 13.3. The third kappa shape index (κ3) is 4.71. The average Bonchev–Trinajstić information content (AvgIpc) is 2.26. The van der Waals surface area contributed by atoms with Gasteiger partial charge in [-0.15, -0.1) is 0 Å². The normalized spacial score (nSPS) is 12.1. The second-order valence-corrected chi connectivity index (χ2v) is 8.73. The van der Waals surface area contributed by atoms with Crippen LogP contribution in [0.15, 0.2) is 8.13 Å². The van der Waals surface area contributed by atoms with Gasteiger partial charge in [-0.25, -0.2) is 0 Å². The van der Waals surface area contributed by atoms with Gasteiger partial charge in [-0.2, -0.15) is 13.4 Å². The van der Waals surface area contributed by atoms with Crippen LogP contribution in [-0.4, -0.2) is 24.9 Å². The predicted octanol–water partition coefficient (Wildman–Crippen LogP) is 2.74. The van der Waals surface area contributed by atoms with Gasteiger partial charge in [0.1, 0.15) is 3.79 Å². The SMILES string of the molecule is CC(C)Sc1nc(OS(C)(=O)=O)c(Br)s1. The van der Waals surface area contributed by atoms with Gasteiger partial charge >= 0.3 is 10.1 Å². The zero-order valence-electron chi connectivity index (χ0n) is 8.35. The molecule has 1 aromatic heterocycles. The monoisotopic (exact) mass is 331 g/mol. The Morgan fingerprint density at radius 3 is 2.60 bits per heavy atom. The van der Waals surface area contributed by atoms with Crippen molar-refractivity contribution in [2.75, 3.05) is 6.26 Å². The van der Waals surface area contributed by atoms with Crippen molar-refractivity contribution in [1.29, 1.82) is 0 Å². The molecule has 0 aliphatic rings. The van der Waals surface area contributed by atoms with Gasteiger partial charge in [0.15, 0.2) is 4.34 Å². The van der Waals surface area contributed by atoms with E-state index in [1.54, 1.807) is 11.8 Å². The third-order valence-electron chi connectivity index (χ3n) is 1.10. The number of thiazole rings is 1. The molecule has 0 N–H and O–H groups in total. The first-order valence-electron chi connectivity index (χ1n) is 4.00. The van der Waals surface area contributed by atoms with E-state index in [4.69, 9.17) is 4.18 Å². The fourth-order valence-corrected chi connectivity index (χ4v) is 4.25. The smallest absolute Gasteiger partial charge is 0.307 e. The summed E-state index contributed by atoms with van der Waals surface area (Å²) in [6.45, 7) is 4.08. The summed E-state index contributed by atoms with van der Waals surface area (Å²) in [5, 5.41) is 0.397. The molecule has 0 aromatic carbocycles. The van der Waals surface area contributed by atoms with E-state index in [9.17, 15) is 8.42 Å². The van der Waals surface area contributed by atoms with E-state index in [0.29, 0.717) is 9.04 Å². The molecule has 0 radical (unpaired) electrons. The highest BCUT2D eigenvalue weighted by molar-refractivity contribution is 9.11. The van der Waals surface area contributed by atoms with Crippen LogP contribution in [0.5, 0.6) is 5.88 Å². The van der Waals surface area contributed by atoms with E-state index in [1.807, 2.05) is 13.8 Å². The molecule has 0 bridgehead atoms. The van der Waals surface area contributed by atoms with Gasteiger partial charge in [-0.05, 0) is 15.9 Å². The zero-order valence-corrected chi connectivity index (χ0v) is 12.4. The molecule has 0 aliphatic carbocycles. The Morgan fingerprint density at radius 2 is 2.13 bits per heavy atom. The minimum atomic E-state index is -3.51. The van der Waals surface area contributed by atoms with Gasteiger partial charge in [0.05, 0.1) is 6.26 Å². The highest BCUT2D eigenvalue weighted by atomic mass is 79.9. The van der Waals surface area contributed by atoms with E-state index in [2.05, 4.69) is 20.9 Å². The lowest BCUT2D eigenvalue weighted by Gasteiger charge is -1.99. The molecule has 1 aromatic rings. The van der Waals surface area contributed by atoms with Crippen LogP contribution in [-0.2, 0) is 10.1 Å². The summed E-state index contributed by atoms with van der Waals surface area (Å²) >= 11 is 6.14. The molecular weight excluding hydrogens is 322 g/mol. The summed E-state index contributed by atoms with van der Waals surface area (Å²) in [6.07, 6.45) is 0.994. The minimum Gasteiger partial charge on any atom is -0.360 e. The Bertz CT molecular complexity index is 440. The summed E-state index contributed by atoms with van der Waals surface area (Å²) in [5.74, 6) is 0.116. The number of halogens is 1. The van der Waals surface area contributed by atoms with Gasteiger partial charge in [0.25, 0.3) is 5.88 Å². The van der Waals surface area contributed by atoms with E-state index >= 15 is 0 Å². The van der Waals surface area contributed by atoms with Crippen molar-refractivity contribution >= 4 is 49.1 Å². The van der Waals surface area contributed by atoms with Crippen molar-refractivity contribution in [1.82, 2.24) is 4.98 Å². The Balaban J connectivity index is 2.87. The quantitative estimate of drug-likeness (QED) is 0.627. The molecule has 8 heteroatoms.